The molecule has 102 valence electrons. The number of rotatable bonds is 5. The number of carbonyl (C=O) groups excluding carboxylic acids is 1. The molecule has 4 fully saturated rings. The summed E-state index contributed by atoms with van der Waals surface area (Å²) >= 11 is 0. The molecule has 0 aromatic carbocycles. The Kier molecular flexibility index (Phi) is 3.32. The highest BCUT2D eigenvalue weighted by Crippen LogP contribution is 2.55. The lowest BCUT2D eigenvalue weighted by Crippen LogP contribution is -2.62. The van der Waals surface area contributed by atoms with Gasteiger partial charge in [0.1, 0.15) is 6.54 Å². The van der Waals surface area contributed by atoms with E-state index in [1.807, 2.05) is 6.92 Å². The number of esters is 1. The monoisotopic (exact) mass is 252 g/mol. The van der Waals surface area contributed by atoms with Crippen molar-refractivity contribution in [2.75, 3.05) is 13.2 Å². The molecule has 0 unspecified atom stereocenters. The van der Waals surface area contributed by atoms with Crippen LogP contribution in [0.2, 0.25) is 0 Å². The number of ether oxygens (including phenoxy) is 1. The molecule has 0 aliphatic heterocycles. The number of hydrogen-bond donors (Lipinski definition) is 2. The van der Waals surface area contributed by atoms with Crippen LogP contribution in [0.1, 0.15) is 45.4 Å². The first-order valence-electron chi connectivity index (χ1n) is 7.35. The van der Waals surface area contributed by atoms with Gasteiger partial charge >= 0.3 is 5.97 Å². The van der Waals surface area contributed by atoms with E-state index in [9.17, 15) is 4.79 Å². The molecule has 0 amide bonds. The van der Waals surface area contributed by atoms with Crippen LogP contribution in [-0.4, -0.2) is 24.7 Å². The molecule has 4 saturated carbocycles. The lowest BCUT2D eigenvalue weighted by molar-refractivity contribution is -0.142. The Bertz CT molecular complexity index is 294. The van der Waals surface area contributed by atoms with Crippen LogP contribution in [0.3, 0.4) is 0 Å². The van der Waals surface area contributed by atoms with Crippen LogP contribution in [0, 0.1) is 17.8 Å². The Labute approximate surface area is 109 Å². The summed E-state index contributed by atoms with van der Waals surface area (Å²) in [5, 5.41) is 0. The third-order valence-electron chi connectivity index (χ3n) is 4.93. The Balaban J connectivity index is 1.51. The first-order valence-corrected chi connectivity index (χ1v) is 7.35. The Morgan fingerprint density at radius 2 is 1.72 bits per heavy atom. The van der Waals surface area contributed by atoms with Gasteiger partial charge < -0.3 is 4.74 Å². The molecule has 0 atom stereocenters. The van der Waals surface area contributed by atoms with Crippen LogP contribution in [0.25, 0.3) is 0 Å². The third-order valence-corrected chi connectivity index (χ3v) is 4.93. The zero-order chi connectivity index (χ0) is 12.6. The highest BCUT2D eigenvalue weighted by atomic mass is 16.5. The molecule has 4 aliphatic carbocycles. The molecule has 4 rings (SSSR count). The molecule has 0 heterocycles. The standard InChI is InChI=1S/C14H24N2O2/c1-2-18-13(17)9-15-16-14-6-10-3-11(7-14)5-12(4-10)8-14/h10-12,15-16H,2-9H2,1H3. The highest BCUT2D eigenvalue weighted by molar-refractivity contribution is 5.71. The first-order chi connectivity index (χ1) is 8.69. The van der Waals surface area contributed by atoms with E-state index in [4.69, 9.17) is 4.74 Å². The summed E-state index contributed by atoms with van der Waals surface area (Å²) in [7, 11) is 0. The van der Waals surface area contributed by atoms with Crippen molar-refractivity contribution in [1.29, 1.82) is 0 Å². The Morgan fingerprint density at radius 1 is 1.17 bits per heavy atom. The minimum absolute atomic E-state index is 0.172. The molecule has 0 aromatic heterocycles. The molecule has 18 heavy (non-hydrogen) atoms. The van der Waals surface area contributed by atoms with Crippen LogP contribution < -0.4 is 10.9 Å². The molecule has 0 spiro atoms. The molecule has 0 radical (unpaired) electrons. The summed E-state index contributed by atoms with van der Waals surface area (Å²) in [6.07, 6.45) is 8.19. The second-order valence-electron chi connectivity index (χ2n) is 6.48. The molecule has 0 saturated heterocycles. The lowest BCUT2D eigenvalue weighted by Gasteiger charge is -2.57. The number of nitrogens with one attached hydrogen (secondary N) is 2. The molecule has 4 nitrogen and oxygen atoms in total. The van der Waals surface area contributed by atoms with Gasteiger partial charge in [-0.2, -0.15) is 0 Å². The van der Waals surface area contributed by atoms with Gasteiger partial charge in [0.25, 0.3) is 0 Å². The number of carbonyl (C=O) groups is 1. The summed E-state index contributed by atoms with van der Waals surface area (Å²) in [5.41, 5.74) is 6.83. The van der Waals surface area contributed by atoms with E-state index in [-0.39, 0.29) is 18.1 Å². The fraction of sp³-hybridized carbons (Fsp3) is 0.929. The Morgan fingerprint density at radius 3 is 2.22 bits per heavy atom. The van der Waals surface area contributed by atoms with Crippen molar-refractivity contribution in [2.24, 2.45) is 17.8 Å². The van der Waals surface area contributed by atoms with Crippen molar-refractivity contribution < 1.29 is 9.53 Å². The van der Waals surface area contributed by atoms with E-state index in [0.29, 0.717) is 6.61 Å². The van der Waals surface area contributed by atoms with Crippen LogP contribution in [0.4, 0.5) is 0 Å². The molecule has 4 heteroatoms. The van der Waals surface area contributed by atoms with E-state index in [0.717, 1.165) is 17.8 Å². The highest BCUT2D eigenvalue weighted by Gasteiger charge is 2.50. The van der Waals surface area contributed by atoms with Crippen molar-refractivity contribution in [3.8, 4) is 0 Å². The first kappa shape index (κ1) is 12.4. The fourth-order valence-corrected chi connectivity index (χ4v) is 4.78. The number of hydrazine groups is 1. The third kappa shape index (κ3) is 2.41. The zero-order valence-corrected chi connectivity index (χ0v) is 11.2. The van der Waals surface area contributed by atoms with E-state index < -0.39 is 0 Å². The van der Waals surface area contributed by atoms with Gasteiger partial charge in [0.05, 0.1) is 6.61 Å². The van der Waals surface area contributed by atoms with Crippen molar-refractivity contribution >= 4 is 5.97 Å². The van der Waals surface area contributed by atoms with Crippen molar-refractivity contribution in [3.05, 3.63) is 0 Å². The summed E-state index contributed by atoms with van der Waals surface area (Å²) in [5.74, 6) is 2.60. The molecular formula is C14H24N2O2. The van der Waals surface area contributed by atoms with Gasteiger partial charge in [-0.05, 0) is 63.2 Å². The van der Waals surface area contributed by atoms with Crippen LogP contribution in [0.15, 0.2) is 0 Å². The van der Waals surface area contributed by atoms with E-state index in [2.05, 4.69) is 10.9 Å². The van der Waals surface area contributed by atoms with Crippen molar-refractivity contribution in [2.45, 2.75) is 51.0 Å². The summed E-state index contributed by atoms with van der Waals surface area (Å²) in [6, 6.07) is 0. The maximum atomic E-state index is 11.3. The van der Waals surface area contributed by atoms with Gasteiger partial charge in [0, 0.05) is 5.54 Å². The minimum atomic E-state index is -0.172. The van der Waals surface area contributed by atoms with Gasteiger partial charge in [-0.15, -0.1) is 0 Å². The zero-order valence-electron chi connectivity index (χ0n) is 11.2. The van der Waals surface area contributed by atoms with E-state index in [1.54, 1.807) is 0 Å². The van der Waals surface area contributed by atoms with Crippen LogP contribution in [-0.2, 0) is 9.53 Å². The van der Waals surface area contributed by atoms with Gasteiger partial charge in [0.2, 0.25) is 0 Å². The molecule has 4 aliphatic rings. The minimum Gasteiger partial charge on any atom is -0.465 e. The van der Waals surface area contributed by atoms with Crippen LogP contribution in [0.5, 0.6) is 0 Å². The maximum Gasteiger partial charge on any atom is 0.321 e. The van der Waals surface area contributed by atoms with Gasteiger partial charge in [-0.1, -0.05) is 0 Å². The van der Waals surface area contributed by atoms with Gasteiger partial charge in [-0.25, -0.2) is 5.43 Å². The summed E-state index contributed by atoms with van der Waals surface area (Å²) < 4.78 is 4.92. The quantitative estimate of drug-likeness (QED) is 0.576. The van der Waals surface area contributed by atoms with Crippen molar-refractivity contribution in [3.63, 3.8) is 0 Å². The molecular weight excluding hydrogens is 228 g/mol. The molecule has 4 bridgehead atoms. The van der Waals surface area contributed by atoms with Crippen molar-refractivity contribution in [1.82, 2.24) is 10.9 Å². The largest absolute Gasteiger partial charge is 0.465 e. The normalized spacial score (nSPS) is 41.1. The molecule has 0 aromatic rings. The Hall–Kier alpha value is -0.610. The smallest absolute Gasteiger partial charge is 0.321 e. The van der Waals surface area contributed by atoms with E-state index in [1.165, 1.54) is 38.5 Å². The SMILES string of the molecule is CCOC(=O)CNNC12CC3CC(CC(C3)C1)C2. The predicted molar refractivity (Wildman–Crippen MR) is 68.7 cm³/mol. The summed E-state index contributed by atoms with van der Waals surface area (Å²) in [4.78, 5) is 11.3. The summed E-state index contributed by atoms with van der Waals surface area (Å²) in [6.45, 7) is 2.57. The average molecular weight is 252 g/mol. The van der Waals surface area contributed by atoms with Gasteiger partial charge in [-0.3, -0.25) is 10.2 Å². The lowest BCUT2D eigenvalue weighted by atomic mass is 9.53. The maximum absolute atomic E-state index is 11.3. The number of hydrogen-bond acceptors (Lipinski definition) is 4. The predicted octanol–water partition coefficient (Wildman–Crippen LogP) is 1.61. The second kappa shape index (κ2) is 4.82. The molecule has 2 N–H and O–H groups in total. The van der Waals surface area contributed by atoms with Gasteiger partial charge in [0.15, 0.2) is 0 Å². The van der Waals surface area contributed by atoms with Crippen LogP contribution >= 0.6 is 0 Å². The second-order valence-corrected chi connectivity index (χ2v) is 6.48. The average Bonchev–Trinajstić information content (AvgIpc) is 2.26. The topological polar surface area (TPSA) is 50.4 Å². The fourth-order valence-electron chi connectivity index (χ4n) is 4.78. The van der Waals surface area contributed by atoms with E-state index >= 15 is 0 Å².